The zero-order valence-electron chi connectivity index (χ0n) is 12.0. The summed E-state index contributed by atoms with van der Waals surface area (Å²) < 4.78 is 0. The van der Waals surface area contributed by atoms with Crippen LogP contribution in [0.25, 0.3) is 0 Å². The average Bonchev–Trinajstić information content (AvgIpc) is 2.87. The monoisotopic (exact) mass is 328 g/mol. The van der Waals surface area contributed by atoms with E-state index in [-0.39, 0.29) is 23.9 Å². The SMILES string of the molecule is CC(=O)N1CCC[C@H]1C(=O)N[C@@H](C)c1ccc(Cl)cc1Cl. The molecule has 0 unspecified atom stereocenters. The van der Waals surface area contributed by atoms with Crippen LogP contribution < -0.4 is 5.32 Å². The molecule has 1 aliphatic rings. The highest BCUT2D eigenvalue weighted by Gasteiger charge is 2.33. The predicted octanol–water partition coefficient (Wildman–Crippen LogP) is 3.18. The van der Waals surface area contributed by atoms with Gasteiger partial charge in [-0.3, -0.25) is 9.59 Å². The molecule has 114 valence electrons. The molecule has 2 amide bonds. The third-order valence-electron chi connectivity index (χ3n) is 3.75. The van der Waals surface area contributed by atoms with Gasteiger partial charge in [0.25, 0.3) is 0 Å². The van der Waals surface area contributed by atoms with Crippen LogP contribution in [0.1, 0.15) is 38.3 Å². The van der Waals surface area contributed by atoms with E-state index in [9.17, 15) is 9.59 Å². The molecule has 1 saturated heterocycles. The van der Waals surface area contributed by atoms with Crippen molar-refractivity contribution >= 4 is 35.0 Å². The highest BCUT2D eigenvalue weighted by molar-refractivity contribution is 6.35. The van der Waals surface area contributed by atoms with E-state index >= 15 is 0 Å². The minimum atomic E-state index is -0.379. The van der Waals surface area contributed by atoms with Crippen LogP contribution in [0.15, 0.2) is 18.2 Å². The highest BCUT2D eigenvalue weighted by Crippen LogP contribution is 2.27. The molecule has 1 aromatic rings. The molecule has 6 heteroatoms. The van der Waals surface area contributed by atoms with Crippen molar-refractivity contribution in [2.75, 3.05) is 6.54 Å². The van der Waals surface area contributed by atoms with E-state index in [2.05, 4.69) is 5.32 Å². The number of hydrogen-bond donors (Lipinski definition) is 1. The number of halogens is 2. The van der Waals surface area contributed by atoms with E-state index in [0.717, 1.165) is 12.0 Å². The summed E-state index contributed by atoms with van der Waals surface area (Å²) in [4.78, 5) is 25.5. The lowest BCUT2D eigenvalue weighted by Gasteiger charge is -2.24. The number of rotatable bonds is 3. The molecule has 0 saturated carbocycles. The summed E-state index contributed by atoms with van der Waals surface area (Å²) in [6.07, 6.45) is 1.56. The number of benzene rings is 1. The molecule has 1 N–H and O–H groups in total. The average molecular weight is 329 g/mol. The molecule has 21 heavy (non-hydrogen) atoms. The number of hydrogen-bond acceptors (Lipinski definition) is 2. The van der Waals surface area contributed by atoms with Gasteiger partial charge in [0.2, 0.25) is 11.8 Å². The minimum Gasteiger partial charge on any atom is -0.348 e. The van der Waals surface area contributed by atoms with E-state index in [0.29, 0.717) is 23.0 Å². The van der Waals surface area contributed by atoms with Crippen molar-refractivity contribution in [3.05, 3.63) is 33.8 Å². The Morgan fingerprint density at radius 1 is 1.38 bits per heavy atom. The van der Waals surface area contributed by atoms with Crippen LogP contribution in [-0.4, -0.2) is 29.3 Å². The molecule has 0 bridgehead atoms. The van der Waals surface area contributed by atoms with Gasteiger partial charge in [-0.25, -0.2) is 0 Å². The van der Waals surface area contributed by atoms with Crippen LogP contribution in [-0.2, 0) is 9.59 Å². The number of carbonyl (C=O) groups excluding carboxylic acids is 2. The van der Waals surface area contributed by atoms with Gasteiger partial charge >= 0.3 is 0 Å². The standard InChI is InChI=1S/C15H18Cl2N2O2/c1-9(12-6-5-11(16)8-13(12)17)18-15(21)14-4-3-7-19(14)10(2)20/h5-6,8-9,14H,3-4,7H2,1-2H3,(H,18,21)/t9-,14-/m0/s1. The van der Waals surface area contributed by atoms with Crippen molar-refractivity contribution in [2.24, 2.45) is 0 Å². The summed E-state index contributed by atoms with van der Waals surface area (Å²) >= 11 is 12.0. The fourth-order valence-corrected chi connectivity index (χ4v) is 3.23. The molecule has 1 aliphatic heterocycles. The zero-order chi connectivity index (χ0) is 15.6. The summed E-state index contributed by atoms with van der Waals surface area (Å²) in [7, 11) is 0. The molecular formula is C15H18Cl2N2O2. The van der Waals surface area contributed by atoms with E-state index in [1.807, 2.05) is 6.92 Å². The van der Waals surface area contributed by atoms with E-state index < -0.39 is 0 Å². The van der Waals surface area contributed by atoms with Gasteiger partial charge in [-0.1, -0.05) is 29.3 Å². The Hall–Kier alpha value is -1.26. The second-order valence-corrected chi connectivity index (χ2v) is 6.11. The first kappa shape index (κ1) is 16.1. The second kappa shape index (κ2) is 6.67. The van der Waals surface area contributed by atoms with Gasteiger partial charge in [0, 0.05) is 23.5 Å². The molecule has 1 aromatic carbocycles. The van der Waals surface area contributed by atoms with Crippen molar-refractivity contribution < 1.29 is 9.59 Å². The largest absolute Gasteiger partial charge is 0.348 e. The Labute approximate surface area is 134 Å². The van der Waals surface area contributed by atoms with Gasteiger partial charge < -0.3 is 10.2 Å². The summed E-state index contributed by atoms with van der Waals surface area (Å²) in [5.74, 6) is -0.203. The quantitative estimate of drug-likeness (QED) is 0.926. The predicted molar refractivity (Wildman–Crippen MR) is 83.4 cm³/mol. The van der Waals surface area contributed by atoms with Crippen molar-refractivity contribution in [1.29, 1.82) is 0 Å². The highest BCUT2D eigenvalue weighted by atomic mass is 35.5. The van der Waals surface area contributed by atoms with Gasteiger partial charge in [0.05, 0.1) is 6.04 Å². The first-order valence-electron chi connectivity index (χ1n) is 6.92. The fraction of sp³-hybridized carbons (Fsp3) is 0.467. The van der Waals surface area contributed by atoms with Crippen molar-refractivity contribution in [2.45, 2.75) is 38.8 Å². The Kier molecular flexibility index (Phi) is 5.12. The van der Waals surface area contributed by atoms with Gasteiger partial charge in [0.15, 0.2) is 0 Å². The molecule has 0 aliphatic carbocycles. The normalized spacial score (nSPS) is 19.4. The van der Waals surface area contributed by atoms with Gasteiger partial charge in [0.1, 0.15) is 6.04 Å². The Balaban J connectivity index is 2.06. The van der Waals surface area contributed by atoms with Crippen LogP contribution >= 0.6 is 23.2 Å². The molecule has 0 radical (unpaired) electrons. The zero-order valence-corrected chi connectivity index (χ0v) is 13.5. The lowest BCUT2D eigenvalue weighted by atomic mass is 10.1. The third kappa shape index (κ3) is 3.69. The molecule has 0 aromatic heterocycles. The molecule has 4 nitrogen and oxygen atoms in total. The number of nitrogens with zero attached hydrogens (tertiary/aromatic N) is 1. The fourth-order valence-electron chi connectivity index (χ4n) is 2.66. The Morgan fingerprint density at radius 2 is 2.10 bits per heavy atom. The number of likely N-dealkylation sites (tertiary alicyclic amines) is 1. The smallest absolute Gasteiger partial charge is 0.243 e. The van der Waals surface area contributed by atoms with E-state index in [1.165, 1.54) is 6.92 Å². The van der Waals surface area contributed by atoms with E-state index in [4.69, 9.17) is 23.2 Å². The Bertz CT molecular complexity index is 563. The molecule has 1 fully saturated rings. The molecule has 2 rings (SSSR count). The molecule has 0 spiro atoms. The minimum absolute atomic E-state index is 0.0650. The van der Waals surface area contributed by atoms with Crippen molar-refractivity contribution in [3.8, 4) is 0 Å². The van der Waals surface area contributed by atoms with Crippen LogP contribution in [0.2, 0.25) is 10.0 Å². The number of amides is 2. The van der Waals surface area contributed by atoms with E-state index in [1.54, 1.807) is 23.1 Å². The third-order valence-corrected chi connectivity index (χ3v) is 4.31. The van der Waals surface area contributed by atoms with Gasteiger partial charge in [-0.2, -0.15) is 0 Å². The maximum atomic E-state index is 12.3. The number of carbonyl (C=O) groups is 2. The van der Waals surface area contributed by atoms with Crippen LogP contribution in [0.3, 0.4) is 0 Å². The first-order chi connectivity index (χ1) is 9.90. The molecule has 2 atom stereocenters. The maximum Gasteiger partial charge on any atom is 0.243 e. The summed E-state index contributed by atoms with van der Waals surface area (Å²) in [6, 6.07) is 4.57. The summed E-state index contributed by atoms with van der Waals surface area (Å²) in [6.45, 7) is 3.99. The lowest BCUT2D eigenvalue weighted by molar-refractivity contribution is -0.137. The second-order valence-electron chi connectivity index (χ2n) is 5.27. The number of nitrogens with one attached hydrogen (secondary N) is 1. The van der Waals surface area contributed by atoms with Gasteiger partial charge in [-0.15, -0.1) is 0 Å². The van der Waals surface area contributed by atoms with Gasteiger partial charge in [-0.05, 0) is 37.5 Å². The first-order valence-corrected chi connectivity index (χ1v) is 7.68. The maximum absolute atomic E-state index is 12.3. The summed E-state index contributed by atoms with van der Waals surface area (Å²) in [5.41, 5.74) is 0.807. The lowest BCUT2D eigenvalue weighted by Crippen LogP contribution is -2.45. The van der Waals surface area contributed by atoms with Crippen molar-refractivity contribution in [1.82, 2.24) is 10.2 Å². The topological polar surface area (TPSA) is 49.4 Å². The molecular weight excluding hydrogens is 311 g/mol. The van der Waals surface area contributed by atoms with Crippen LogP contribution in [0, 0.1) is 0 Å². The Morgan fingerprint density at radius 3 is 2.71 bits per heavy atom. The van der Waals surface area contributed by atoms with Crippen LogP contribution in [0.4, 0.5) is 0 Å². The van der Waals surface area contributed by atoms with Crippen molar-refractivity contribution in [3.63, 3.8) is 0 Å². The summed E-state index contributed by atoms with van der Waals surface area (Å²) in [5, 5.41) is 4.00. The molecule has 1 heterocycles. The van der Waals surface area contributed by atoms with Crippen LogP contribution in [0.5, 0.6) is 0 Å².